The Hall–Kier alpha value is -2.35. The molecule has 0 unspecified atom stereocenters. The van der Waals surface area contributed by atoms with Crippen molar-refractivity contribution in [1.29, 1.82) is 0 Å². The van der Waals surface area contributed by atoms with E-state index in [1.54, 1.807) is 0 Å². The van der Waals surface area contributed by atoms with Crippen molar-refractivity contribution in [2.45, 2.75) is 19.3 Å². The summed E-state index contributed by atoms with van der Waals surface area (Å²) in [5, 5.41) is 0. The van der Waals surface area contributed by atoms with Crippen LogP contribution in [0.25, 0.3) is 0 Å². The zero-order valence-electron chi connectivity index (χ0n) is 12.7. The van der Waals surface area contributed by atoms with Crippen LogP contribution in [0.15, 0.2) is 71.4 Å². The number of benzene rings is 2. The zero-order chi connectivity index (χ0) is 14.9. The number of aliphatic imine (C=N–C) groups is 1. The van der Waals surface area contributed by atoms with Gasteiger partial charge in [-0.1, -0.05) is 50.2 Å². The van der Waals surface area contributed by atoms with Gasteiger partial charge in [0, 0.05) is 30.1 Å². The summed E-state index contributed by atoms with van der Waals surface area (Å²) < 4.78 is 0. The smallest absolute Gasteiger partial charge is 0.0629 e. The van der Waals surface area contributed by atoms with E-state index in [1.165, 1.54) is 16.9 Å². The lowest BCUT2D eigenvalue weighted by Crippen LogP contribution is -2.22. The Kier molecular flexibility index (Phi) is 3.38. The molecule has 0 atom stereocenters. The molecule has 2 heteroatoms. The molecule has 0 amide bonds. The number of likely N-dealkylation sites (N-methyl/N-ethyl adjacent to an activating group) is 1. The second-order valence-corrected chi connectivity index (χ2v) is 5.87. The van der Waals surface area contributed by atoms with E-state index in [0.29, 0.717) is 0 Å². The topological polar surface area (TPSA) is 15.6 Å². The van der Waals surface area contributed by atoms with Crippen molar-refractivity contribution in [1.82, 2.24) is 0 Å². The van der Waals surface area contributed by atoms with Crippen molar-refractivity contribution in [3.63, 3.8) is 0 Å². The van der Waals surface area contributed by atoms with Gasteiger partial charge < -0.3 is 4.90 Å². The SMILES string of the molecule is CN1/C(=C\C=Nc2ccccc2)C(C)(C)c2ccccc21. The Balaban J connectivity index is 1.93. The van der Waals surface area contributed by atoms with Gasteiger partial charge in [0.2, 0.25) is 0 Å². The third-order valence-corrected chi connectivity index (χ3v) is 4.15. The first-order chi connectivity index (χ1) is 10.1. The van der Waals surface area contributed by atoms with Gasteiger partial charge >= 0.3 is 0 Å². The number of anilines is 1. The number of hydrogen-bond acceptors (Lipinski definition) is 2. The maximum Gasteiger partial charge on any atom is 0.0629 e. The molecule has 106 valence electrons. The number of allylic oxidation sites excluding steroid dienone is 2. The van der Waals surface area contributed by atoms with Crippen LogP contribution in [0.5, 0.6) is 0 Å². The summed E-state index contributed by atoms with van der Waals surface area (Å²) in [6.07, 6.45) is 4.02. The molecule has 1 heterocycles. The van der Waals surface area contributed by atoms with Crippen LogP contribution < -0.4 is 4.90 Å². The van der Waals surface area contributed by atoms with Gasteiger partial charge in [-0.2, -0.15) is 0 Å². The summed E-state index contributed by atoms with van der Waals surface area (Å²) in [7, 11) is 2.12. The van der Waals surface area contributed by atoms with E-state index in [4.69, 9.17) is 0 Å². The van der Waals surface area contributed by atoms with Crippen LogP contribution in [-0.4, -0.2) is 13.3 Å². The molecule has 0 saturated carbocycles. The predicted octanol–water partition coefficient (Wildman–Crippen LogP) is 4.70. The molecule has 2 aromatic rings. The lowest BCUT2D eigenvalue weighted by atomic mass is 9.84. The lowest BCUT2D eigenvalue weighted by molar-refractivity contribution is 0.641. The fraction of sp³-hybridized carbons (Fsp3) is 0.211. The zero-order valence-corrected chi connectivity index (χ0v) is 12.7. The van der Waals surface area contributed by atoms with E-state index in [1.807, 2.05) is 36.5 Å². The van der Waals surface area contributed by atoms with E-state index in [0.717, 1.165) is 5.69 Å². The number of fused-ring (bicyclic) bond motifs is 1. The Bertz CT molecular complexity index is 697. The summed E-state index contributed by atoms with van der Waals surface area (Å²) in [5.74, 6) is 0. The molecular formula is C19H20N2. The molecule has 0 radical (unpaired) electrons. The van der Waals surface area contributed by atoms with E-state index < -0.39 is 0 Å². The maximum atomic E-state index is 4.50. The average Bonchev–Trinajstić information content (AvgIpc) is 2.70. The highest BCUT2D eigenvalue weighted by atomic mass is 15.2. The third kappa shape index (κ3) is 2.38. The summed E-state index contributed by atoms with van der Waals surface area (Å²) in [6.45, 7) is 4.52. The molecule has 0 spiro atoms. The first-order valence-electron chi connectivity index (χ1n) is 7.24. The first kappa shape index (κ1) is 13.6. The third-order valence-electron chi connectivity index (χ3n) is 4.15. The van der Waals surface area contributed by atoms with Crippen LogP contribution in [0, 0.1) is 0 Å². The van der Waals surface area contributed by atoms with Crippen LogP contribution in [0.4, 0.5) is 11.4 Å². The molecule has 0 saturated heterocycles. The fourth-order valence-corrected chi connectivity index (χ4v) is 3.01. The normalized spacial score (nSPS) is 18.4. The van der Waals surface area contributed by atoms with Crippen molar-refractivity contribution >= 4 is 17.6 Å². The molecular weight excluding hydrogens is 256 g/mol. The maximum absolute atomic E-state index is 4.50. The number of rotatable bonds is 2. The van der Waals surface area contributed by atoms with Crippen molar-refractivity contribution < 1.29 is 0 Å². The Labute approximate surface area is 126 Å². The molecule has 0 N–H and O–H groups in total. The average molecular weight is 276 g/mol. The predicted molar refractivity (Wildman–Crippen MR) is 90.5 cm³/mol. The van der Waals surface area contributed by atoms with Gasteiger partial charge in [0.25, 0.3) is 0 Å². The van der Waals surface area contributed by atoms with Gasteiger partial charge in [-0.15, -0.1) is 0 Å². The second-order valence-electron chi connectivity index (χ2n) is 5.87. The van der Waals surface area contributed by atoms with Gasteiger partial charge in [0.05, 0.1) is 5.69 Å². The summed E-state index contributed by atoms with van der Waals surface area (Å²) in [6, 6.07) is 18.6. The van der Waals surface area contributed by atoms with Crippen LogP contribution in [0.1, 0.15) is 19.4 Å². The van der Waals surface area contributed by atoms with Crippen molar-refractivity contribution in [3.8, 4) is 0 Å². The van der Waals surface area contributed by atoms with Crippen molar-refractivity contribution in [3.05, 3.63) is 71.9 Å². The minimum absolute atomic E-state index is 0.00799. The minimum Gasteiger partial charge on any atom is -0.347 e. The van der Waals surface area contributed by atoms with Crippen LogP contribution >= 0.6 is 0 Å². The molecule has 2 aromatic carbocycles. The van der Waals surface area contributed by atoms with E-state index in [-0.39, 0.29) is 5.41 Å². The Morgan fingerprint density at radius 1 is 0.952 bits per heavy atom. The summed E-state index contributed by atoms with van der Waals surface area (Å²) in [5.41, 5.74) is 4.90. The minimum atomic E-state index is 0.00799. The molecule has 0 aliphatic carbocycles. The van der Waals surface area contributed by atoms with E-state index in [9.17, 15) is 0 Å². The van der Waals surface area contributed by atoms with Gasteiger partial charge in [-0.05, 0) is 29.8 Å². The molecule has 0 bridgehead atoms. The number of para-hydroxylation sites is 2. The highest BCUT2D eigenvalue weighted by molar-refractivity contribution is 5.80. The molecule has 0 aromatic heterocycles. The lowest BCUT2D eigenvalue weighted by Gasteiger charge is -2.23. The molecule has 1 aliphatic rings. The molecule has 3 rings (SSSR count). The largest absolute Gasteiger partial charge is 0.347 e. The summed E-state index contributed by atoms with van der Waals surface area (Å²) in [4.78, 5) is 6.76. The van der Waals surface area contributed by atoms with Crippen molar-refractivity contribution in [2.75, 3.05) is 11.9 Å². The molecule has 21 heavy (non-hydrogen) atoms. The standard InChI is InChI=1S/C19H20N2/c1-19(2)16-11-7-8-12-17(16)21(3)18(19)13-14-20-15-9-5-4-6-10-15/h4-14H,1-3H3/b18-13-,20-14?. The second kappa shape index (κ2) is 5.21. The summed E-state index contributed by atoms with van der Waals surface area (Å²) >= 11 is 0. The highest BCUT2D eigenvalue weighted by Crippen LogP contribution is 2.46. The van der Waals surface area contributed by atoms with Crippen LogP contribution in [0.3, 0.4) is 0 Å². The van der Waals surface area contributed by atoms with Crippen molar-refractivity contribution in [2.24, 2.45) is 4.99 Å². The number of nitrogens with zero attached hydrogens (tertiary/aromatic N) is 2. The quantitative estimate of drug-likeness (QED) is 0.726. The molecule has 1 aliphatic heterocycles. The van der Waals surface area contributed by atoms with E-state index >= 15 is 0 Å². The molecule has 0 fully saturated rings. The fourth-order valence-electron chi connectivity index (χ4n) is 3.01. The van der Waals surface area contributed by atoms with Crippen LogP contribution in [0.2, 0.25) is 0 Å². The Morgan fingerprint density at radius 2 is 1.62 bits per heavy atom. The first-order valence-corrected chi connectivity index (χ1v) is 7.24. The van der Waals surface area contributed by atoms with Gasteiger partial charge in [0.15, 0.2) is 0 Å². The van der Waals surface area contributed by atoms with E-state index in [2.05, 4.69) is 61.1 Å². The van der Waals surface area contributed by atoms with Gasteiger partial charge in [-0.3, -0.25) is 4.99 Å². The monoisotopic (exact) mass is 276 g/mol. The van der Waals surface area contributed by atoms with Crippen LogP contribution in [-0.2, 0) is 5.41 Å². The highest BCUT2D eigenvalue weighted by Gasteiger charge is 2.37. The number of hydrogen-bond donors (Lipinski definition) is 0. The molecule has 2 nitrogen and oxygen atoms in total. The Morgan fingerprint density at radius 3 is 2.33 bits per heavy atom. The van der Waals surface area contributed by atoms with Gasteiger partial charge in [-0.25, -0.2) is 0 Å². The van der Waals surface area contributed by atoms with Gasteiger partial charge in [0.1, 0.15) is 0 Å².